The summed E-state index contributed by atoms with van der Waals surface area (Å²) in [7, 11) is 4.06. The van der Waals surface area contributed by atoms with E-state index in [1.807, 2.05) is 38.4 Å². The van der Waals surface area contributed by atoms with E-state index in [-0.39, 0.29) is 29.2 Å². The first-order valence-corrected chi connectivity index (χ1v) is 13.5. The van der Waals surface area contributed by atoms with E-state index >= 15 is 0 Å². The van der Waals surface area contributed by atoms with Crippen LogP contribution >= 0.6 is 0 Å². The van der Waals surface area contributed by atoms with Crippen molar-refractivity contribution in [3.8, 4) is 0 Å². The maximum atomic E-state index is 14.1. The second kappa shape index (κ2) is 12.4. The van der Waals surface area contributed by atoms with Crippen LogP contribution in [0.4, 0.5) is 11.4 Å². The molecule has 1 fully saturated rings. The van der Waals surface area contributed by atoms with Gasteiger partial charge >= 0.3 is 0 Å². The van der Waals surface area contributed by atoms with Gasteiger partial charge in [0.2, 0.25) is 11.8 Å². The summed E-state index contributed by atoms with van der Waals surface area (Å²) in [5.74, 6) is 0.0782. The van der Waals surface area contributed by atoms with Crippen LogP contribution in [0.5, 0.6) is 0 Å². The van der Waals surface area contributed by atoms with Gasteiger partial charge in [-0.25, -0.2) is 0 Å². The molecule has 2 aromatic rings. The third-order valence-corrected chi connectivity index (χ3v) is 7.08. The lowest BCUT2D eigenvalue weighted by Crippen LogP contribution is -2.43. The Labute approximate surface area is 218 Å². The van der Waals surface area contributed by atoms with Crippen molar-refractivity contribution in [3.63, 3.8) is 0 Å². The smallest absolute Gasteiger partial charge is 0.230 e. The minimum atomic E-state index is -0.148. The number of nitrogens with zero attached hydrogens (tertiary/aromatic N) is 2. The Kier molecular flexibility index (Phi) is 9.58. The Morgan fingerprint density at radius 1 is 1.00 bits per heavy atom. The summed E-state index contributed by atoms with van der Waals surface area (Å²) >= 11 is 0. The van der Waals surface area contributed by atoms with Gasteiger partial charge < -0.3 is 15.1 Å². The van der Waals surface area contributed by atoms with Gasteiger partial charge in [0.05, 0.1) is 5.92 Å². The van der Waals surface area contributed by atoms with Gasteiger partial charge in [-0.3, -0.25) is 9.59 Å². The van der Waals surface area contributed by atoms with Crippen LogP contribution in [0.1, 0.15) is 89.7 Å². The number of rotatable bonds is 9. The van der Waals surface area contributed by atoms with Gasteiger partial charge in [-0.2, -0.15) is 0 Å². The molecular weight excluding hydrogens is 446 g/mol. The van der Waals surface area contributed by atoms with Gasteiger partial charge in [0.1, 0.15) is 0 Å². The fourth-order valence-electron chi connectivity index (χ4n) is 5.31. The standard InChI is InChI=1S/C31H45N3O2/c1-7-27(23-14-10-8-11-15-23)30(36)34(26-16-12-9-13-17-26)22-24-20-25(18-19-28(24)33(5)6)32-29(35)21-31(2,3)4/h8,10-11,14-15,18-20,26-27H,7,9,12-13,16-17,21-22H2,1-6H3,(H,32,35). The molecule has 1 saturated carbocycles. The van der Waals surface area contributed by atoms with Crippen molar-refractivity contribution in [1.82, 2.24) is 4.90 Å². The summed E-state index contributed by atoms with van der Waals surface area (Å²) in [5, 5.41) is 3.09. The van der Waals surface area contributed by atoms with E-state index in [4.69, 9.17) is 0 Å². The maximum absolute atomic E-state index is 14.1. The number of benzene rings is 2. The van der Waals surface area contributed by atoms with Crippen molar-refractivity contribution in [2.75, 3.05) is 24.3 Å². The lowest BCUT2D eigenvalue weighted by atomic mass is 9.90. The average molecular weight is 492 g/mol. The summed E-state index contributed by atoms with van der Waals surface area (Å²) in [4.78, 5) is 31.0. The van der Waals surface area contributed by atoms with Crippen LogP contribution in [0, 0.1) is 5.41 Å². The molecular formula is C31H45N3O2. The number of hydrogen-bond donors (Lipinski definition) is 1. The number of hydrogen-bond acceptors (Lipinski definition) is 3. The van der Waals surface area contributed by atoms with E-state index in [9.17, 15) is 9.59 Å². The molecule has 1 unspecified atom stereocenters. The molecule has 196 valence electrons. The molecule has 0 heterocycles. The monoisotopic (exact) mass is 491 g/mol. The molecule has 1 N–H and O–H groups in total. The number of nitrogens with one attached hydrogen (secondary N) is 1. The van der Waals surface area contributed by atoms with Crippen LogP contribution < -0.4 is 10.2 Å². The molecule has 1 aliphatic rings. The Morgan fingerprint density at radius 3 is 2.25 bits per heavy atom. The summed E-state index contributed by atoms with van der Waals surface area (Å²) in [5.41, 5.74) is 3.94. The highest BCUT2D eigenvalue weighted by molar-refractivity contribution is 5.91. The molecule has 5 nitrogen and oxygen atoms in total. The Hall–Kier alpha value is -2.82. The zero-order valence-electron chi connectivity index (χ0n) is 23.1. The predicted octanol–water partition coefficient (Wildman–Crippen LogP) is 6.98. The van der Waals surface area contributed by atoms with E-state index in [1.165, 1.54) is 19.3 Å². The quantitative estimate of drug-likeness (QED) is 0.412. The molecule has 36 heavy (non-hydrogen) atoms. The summed E-state index contributed by atoms with van der Waals surface area (Å²) in [6.07, 6.45) is 6.91. The highest BCUT2D eigenvalue weighted by atomic mass is 16.2. The lowest BCUT2D eigenvalue weighted by molar-refractivity contribution is -0.136. The predicted molar refractivity (Wildman–Crippen MR) is 150 cm³/mol. The van der Waals surface area contributed by atoms with Gasteiger partial charge in [-0.1, -0.05) is 77.3 Å². The van der Waals surface area contributed by atoms with Crippen molar-refractivity contribution >= 4 is 23.2 Å². The number of anilines is 2. The second-order valence-electron chi connectivity index (χ2n) is 11.7. The zero-order valence-corrected chi connectivity index (χ0v) is 23.1. The Morgan fingerprint density at radius 2 is 1.67 bits per heavy atom. The van der Waals surface area contributed by atoms with E-state index < -0.39 is 0 Å². The SMILES string of the molecule is CCC(C(=O)N(Cc1cc(NC(=O)CC(C)(C)C)ccc1N(C)C)C1CCCCC1)c1ccccc1. The molecule has 5 heteroatoms. The van der Waals surface area contributed by atoms with Crippen molar-refractivity contribution in [3.05, 3.63) is 59.7 Å². The minimum Gasteiger partial charge on any atom is -0.377 e. The molecule has 3 rings (SSSR count). The molecule has 0 radical (unpaired) electrons. The molecule has 1 atom stereocenters. The topological polar surface area (TPSA) is 52.7 Å². The molecule has 0 aliphatic heterocycles. The van der Waals surface area contributed by atoms with E-state index in [1.54, 1.807) is 0 Å². The largest absolute Gasteiger partial charge is 0.377 e. The van der Waals surface area contributed by atoms with Crippen LogP contribution in [0.25, 0.3) is 0 Å². The molecule has 0 saturated heterocycles. The van der Waals surface area contributed by atoms with Crippen LogP contribution in [0.2, 0.25) is 0 Å². The van der Waals surface area contributed by atoms with Crippen molar-refractivity contribution in [1.29, 1.82) is 0 Å². The third kappa shape index (κ3) is 7.59. The Bertz CT molecular complexity index is 1000. The van der Waals surface area contributed by atoms with Crippen molar-refractivity contribution < 1.29 is 9.59 Å². The molecule has 2 aromatic carbocycles. The first-order chi connectivity index (χ1) is 17.1. The van der Waals surface area contributed by atoms with Crippen LogP contribution in [0.15, 0.2) is 48.5 Å². The zero-order chi connectivity index (χ0) is 26.3. The first-order valence-electron chi connectivity index (χ1n) is 13.5. The van der Waals surface area contributed by atoms with Gasteiger partial charge in [0, 0.05) is 44.5 Å². The van der Waals surface area contributed by atoms with Gasteiger partial charge in [-0.15, -0.1) is 0 Å². The van der Waals surface area contributed by atoms with Crippen molar-refractivity contribution in [2.45, 2.75) is 91.1 Å². The second-order valence-corrected chi connectivity index (χ2v) is 11.7. The highest BCUT2D eigenvalue weighted by Crippen LogP contribution is 2.32. The Balaban J connectivity index is 1.94. The number of carbonyl (C=O) groups is 2. The van der Waals surface area contributed by atoms with Crippen LogP contribution in [-0.2, 0) is 16.1 Å². The molecule has 0 bridgehead atoms. The summed E-state index contributed by atoms with van der Waals surface area (Å²) < 4.78 is 0. The molecule has 1 aliphatic carbocycles. The fourth-order valence-corrected chi connectivity index (χ4v) is 5.31. The molecule has 2 amide bonds. The van der Waals surface area contributed by atoms with Gasteiger partial charge in [0.15, 0.2) is 0 Å². The van der Waals surface area contributed by atoms with Gasteiger partial charge in [-0.05, 0) is 54.0 Å². The fraction of sp³-hybridized carbons (Fsp3) is 0.548. The molecule has 0 spiro atoms. The van der Waals surface area contributed by atoms with E-state index in [0.717, 1.165) is 41.8 Å². The minimum absolute atomic E-state index is 0.0152. The highest BCUT2D eigenvalue weighted by Gasteiger charge is 2.31. The molecule has 0 aromatic heterocycles. The number of amides is 2. The summed E-state index contributed by atoms with van der Waals surface area (Å²) in [6, 6.07) is 16.5. The van der Waals surface area contributed by atoms with E-state index in [0.29, 0.717) is 13.0 Å². The van der Waals surface area contributed by atoms with E-state index in [2.05, 4.69) is 67.1 Å². The maximum Gasteiger partial charge on any atom is 0.230 e. The normalized spacial score (nSPS) is 15.3. The summed E-state index contributed by atoms with van der Waals surface area (Å²) in [6.45, 7) is 8.85. The van der Waals surface area contributed by atoms with Gasteiger partial charge in [0.25, 0.3) is 0 Å². The lowest BCUT2D eigenvalue weighted by Gasteiger charge is -2.37. The average Bonchev–Trinajstić information content (AvgIpc) is 2.83. The van der Waals surface area contributed by atoms with Crippen molar-refractivity contribution in [2.24, 2.45) is 5.41 Å². The van der Waals surface area contributed by atoms with Crippen LogP contribution in [0.3, 0.4) is 0 Å². The number of carbonyl (C=O) groups excluding carboxylic acids is 2. The first kappa shape index (κ1) is 27.8. The van der Waals surface area contributed by atoms with Crippen LogP contribution in [-0.4, -0.2) is 36.9 Å². The third-order valence-electron chi connectivity index (χ3n) is 7.08.